The van der Waals surface area contributed by atoms with Crippen molar-refractivity contribution in [2.24, 2.45) is 5.41 Å². The molecule has 0 radical (unpaired) electrons. The highest BCUT2D eigenvalue weighted by Crippen LogP contribution is 2.22. The Kier molecular flexibility index (Phi) is 5.83. The van der Waals surface area contributed by atoms with E-state index in [4.69, 9.17) is 14.6 Å². The van der Waals surface area contributed by atoms with Crippen molar-refractivity contribution in [3.05, 3.63) is 29.8 Å². The van der Waals surface area contributed by atoms with Gasteiger partial charge in [0.05, 0.1) is 18.6 Å². The van der Waals surface area contributed by atoms with Crippen molar-refractivity contribution in [3.8, 4) is 5.75 Å². The van der Waals surface area contributed by atoms with Crippen molar-refractivity contribution in [2.75, 3.05) is 13.7 Å². The molecule has 0 spiro atoms. The van der Waals surface area contributed by atoms with Crippen LogP contribution >= 0.6 is 0 Å². The van der Waals surface area contributed by atoms with Crippen molar-refractivity contribution < 1.29 is 19.4 Å². The van der Waals surface area contributed by atoms with E-state index in [1.54, 1.807) is 21.0 Å². The van der Waals surface area contributed by atoms with Crippen LogP contribution in [0.15, 0.2) is 24.3 Å². The maximum Gasteiger partial charge on any atom is 0.309 e. The summed E-state index contributed by atoms with van der Waals surface area (Å²) in [5, 5.41) is 9.00. The van der Waals surface area contributed by atoms with Gasteiger partial charge in [-0.2, -0.15) is 0 Å². The number of benzene rings is 1. The fourth-order valence-corrected chi connectivity index (χ4v) is 1.70. The Hall–Kier alpha value is -1.55. The molecule has 0 aliphatic carbocycles. The summed E-state index contributed by atoms with van der Waals surface area (Å²) in [6.45, 7) is 4.54. The highest BCUT2D eigenvalue weighted by atomic mass is 16.5. The zero-order valence-corrected chi connectivity index (χ0v) is 11.8. The lowest BCUT2D eigenvalue weighted by Crippen LogP contribution is -2.24. The van der Waals surface area contributed by atoms with Gasteiger partial charge in [-0.3, -0.25) is 4.79 Å². The van der Waals surface area contributed by atoms with Gasteiger partial charge in [-0.1, -0.05) is 12.1 Å². The number of methoxy groups -OCH3 is 1. The molecule has 106 valence electrons. The molecule has 0 atom stereocenters. The van der Waals surface area contributed by atoms with Crippen LogP contribution in [0.4, 0.5) is 0 Å². The third-order valence-corrected chi connectivity index (χ3v) is 3.00. The number of hydrogen-bond donors (Lipinski definition) is 1. The molecular formula is C15H22O4. The van der Waals surface area contributed by atoms with Crippen molar-refractivity contribution in [1.82, 2.24) is 0 Å². The Morgan fingerprint density at radius 3 is 2.74 bits per heavy atom. The van der Waals surface area contributed by atoms with E-state index in [-0.39, 0.29) is 0 Å². The first-order valence-electron chi connectivity index (χ1n) is 6.40. The predicted molar refractivity (Wildman–Crippen MR) is 73.3 cm³/mol. The average molecular weight is 266 g/mol. The number of ether oxygens (including phenoxy) is 2. The number of aliphatic carboxylic acids is 1. The molecule has 1 aromatic rings. The molecule has 1 N–H and O–H groups in total. The van der Waals surface area contributed by atoms with E-state index in [1.165, 1.54) is 0 Å². The number of carboxylic acids is 1. The fraction of sp³-hybridized carbons (Fsp3) is 0.533. The second-order valence-electron chi connectivity index (χ2n) is 5.22. The number of carbonyl (C=O) groups is 1. The van der Waals surface area contributed by atoms with Gasteiger partial charge in [0, 0.05) is 7.11 Å². The molecule has 0 saturated heterocycles. The first-order chi connectivity index (χ1) is 8.95. The highest BCUT2D eigenvalue weighted by Gasteiger charge is 2.26. The van der Waals surface area contributed by atoms with Crippen LogP contribution in [-0.4, -0.2) is 24.8 Å². The smallest absolute Gasteiger partial charge is 0.309 e. The van der Waals surface area contributed by atoms with Crippen LogP contribution in [0, 0.1) is 5.41 Å². The van der Waals surface area contributed by atoms with Gasteiger partial charge in [-0.25, -0.2) is 0 Å². The molecular weight excluding hydrogens is 244 g/mol. The second-order valence-corrected chi connectivity index (χ2v) is 5.22. The molecule has 19 heavy (non-hydrogen) atoms. The van der Waals surface area contributed by atoms with E-state index in [0.717, 1.165) is 11.3 Å². The SMILES string of the molecule is COCc1cccc(OCCCC(C)(C)C(=O)O)c1. The van der Waals surface area contributed by atoms with Crippen LogP contribution in [0.1, 0.15) is 32.3 Å². The summed E-state index contributed by atoms with van der Waals surface area (Å²) in [7, 11) is 1.65. The van der Waals surface area contributed by atoms with E-state index in [9.17, 15) is 4.79 Å². The van der Waals surface area contributed by atoms with Crippen molar-refractivity contribution in [3.63, 3.8) is 0 Å². The van der Waals surface area contributed by atoms with E-state index < -0.39 is 11.4 Å². The number of carboxylic acid groups (broad SMARTS) is 1. The minimum atomic E-state index is -0.769. The number of hydrogen-bond acceptors (Lipinski definition) is 3. The van der Waals surface area contributed by atoms with Gasteiger partial charge in [0.2, 0.25) is 0 Å². The number of rotatable bonds is 8. The van der Waals surface area contributed by atoms with Crippen molar-refractivity contribution >= 4 is 5.97 Å². The third-order valence-electron chi connectivity index (χ3n) is 3.00. The largest absolute Gasteiger partial charge is 0.494 e. The lowest BCUT2D eigenvalue weighted by atomic mass is 9.88. The van der Waals surface area contributed by atoms with Gasteiger partial charge in [0.25, 0.3) is 0 Å². The average Bonchev–Trinajstić information content (AvgIpc) is 2.35. The highest BCUT2D eigenvalue weighted by molar-refractivity contribution is 5.73. The molecule has 0 bridgehead atoms. The minimum absolute atomic E-state index is 0.521. The second kappa shape index (κ2) is 7.14. The Balaban J connectivity index is 2.37. The van der Waals surface area contributed by atoms with E-state index in [1.807, 2.05) is 24.3 Å². The fourth-order valence-electron chi connectivity index (χ4n) is 1.70. The monoisotopic (exact) mass is 266 g/mol. The molecule has 0 amide bonds. The summed E-state index contributed by atoms with van der Waals surface area (Å²) in [6, 6.07) is 7.72. The predicted octanol–water partition coefficient (Wildman–Crippen LogP) is 3.10. The maximum atomic E-state index is 10.9. The Morgan fingerprint density at radius 1 is 1.37 bits per heavy atom. The van der Waals surface area contributed by atoms with Gasteiger partial charge < -0.3 is 14.6 Å². The minimum Gasteiger partial charge on any atom is -0.494 e. The first kappa shape index (κ1) is 15.5. The summed E-state index contributed by atoms with van der Waals surface area (Å²) in [5.74, 6) is 0.0253. The van der Waals surface area contributed by atoms with Crippen molar-refractivity contribution in [2.45, 2.75) is 33.3 Å². The molecule has 0 aliphatic rings. The zero-order chi connectivity index (χ0) is 14.3. The van der Waals surface area contributed by atoms with Crippen LogP contribution in [0.5, 0.6) is 5.75 Å². The Morgan fingerprint density at radius 2 is 2.11 bits per heavy atom. The van der Waals surface area contributed by atoms with Crippen LogP contribution < -0.4 is 4.74 Å². The standard InChI is InChI=1S/C15H22O4/c1-15(2,14(16)17)8-5-9-19-13-7-4-6-12(10-13)11-18-3/h4,6-7,10H,5,8-9,11H2,1-3H3,(H,16,17). The summed E-state index contributed by atoms with van der Waals surface area (Å²) in [4.78, 5) is 10.9. The Labute approximate surface area is 114 Å². The van der Waals surface area contributed by atoms with Gasteiger partial charge in [0.1, 0.15) is 5.75 Å². The van der Waals surface area contributed by atoms with Gasteiger partial charge >= 0.3 is 5.97 Å². The van der Waals surface area contributed by atoms with Crippen LogP contribution in [0.3, 0.4) is 0 Å². The quantitative estimate of drug-likeness (QED) is 0.735. The van der Waals surface area contributed by atoms with Gasteiger partial charge in [-0.15, -0.1) is 0 Å². The zero-order valence-electron chi connectivity index (χ0n) is 11.8. The molecule has 0 aromatic heterocycles. The molecule has 1 rings (SSSR count). The summed E-state index contributed by atoms with van der Waals surface area (Å²) in [5.41, 5.74) is 0.368. The molecule has 0 unspecified atom stereocenters. The van der Waals surface area contributed by atoms with Crippen LogP contribution in [0.2, 0.25) is 0 Å². The molecule has 4 nitrogen and oxygen atoms in total. The third kappa shape index (κ3) is 5.30. The first-order valence-corrected chi connectivity index (χ1v) is 6.40. The molecule has 1 aromatic carbocycles. The maximum absolute atomic E-state index is 10.9. The summed E-state index contributed by atoms with van der Waals surface area (Å²) < 4.78 is 10.7. The van der Waals surface area contributed by atoms with E-state index >= 15 is 0 Å². The van der Waals surface area contributed by atoms with Crippen molar-refractivity contribution in [1.29, 1.82) is 0 Å². The van der Waals surface area contributed by atoms with Gasteiger partial charge in [-0.05, 0) is 44.4 Å². The molecule has 0 fully saturated rings. The molecule has 0 saturated carbocycles. The summed E-state index contributed by atoms with van der Waals surface area (Å²) >= 11 is 0. The normalized spacial score (nSPS) is 11.3. The Bertz CT molecular complexity index is 412. The lowest BCUT2D eigenvalue weighted by Gasteiger charge is -2.18. The lowest BCUT2D eigenvalue weighted by molar-refractivity contribution is -0.147. The van der Waals surface area contributed by atoms with Gasteiger partial charge in [0.15, 0.2) is 0 Å². The van der Waals surface area contributed by atoms with Crippen LogP contribution in [-0.2, 0) is 16.1 Å². The van der Waals surface area contributed by atoms with E-state index in [2.05, 4.69) is 0 Å². The topological polar surface area (TPSA) is 55.8 Å². The van der Waals surface area contributed by atoms with E-state index in [0.29, 0.717) is 26.1 Å². The van der Waals surface area contributed by atoms with Crippen LogP contribution in [0.25, 0.3) is 0 Å². The molecule has 0 aliphatic heterocycles. The summed E-state index contributed by atoms with van der Waals surface area (Å²) in [6.07, 6.45) is 1.31. The molecule has 0 heterocycles. The molecule has 4 heteroatoms.